The normalized spacial score (nSPS) is 11.0. The van der Waals surface area contributed by atoms with Gasteiger partial charge in [-0.3, -0.25) is 9.59 Å². The molecule has 8 heteroatoms. The highest BCUT2D eigenvalue weighted by Gasteiger charge is 2.17. The third-order valence-electron chi connectivity index (χ3n) is 3.53. The fraction of sp³-hybridized carbons (Fsp3) is 0.222. The molecule has 0 spiro atoms. The molecule has 0 aliphatic heterocycles. The smallest absolute Gasteiger partial charge is 0.264 e. The quantitative estimate of drug-likeness (QED) is 0.750. The summed E-state index contributed by atoms with van der Waals surface area (Å²) in [4.78, 5) is 23.7. The second kappa shape index (κ2) is 8.82. The van der Waals surface area contributed by atoms with Gasteiger partial charge in [0.25, 0.3) is 15.9 Å². The molecule has 0 radical (unpaired) electrons. The number of benzene rings is 2. The van der Waals surface area contributed by atoms with Gasteiger partial charge in [0.15, 0.2) is 0 Å². The van der Waals surface area contributed by atoms with E-state index >= 15 is 0 Å². The zero-order valence-electron chi connectivity index (χ0n) is 14.2. The van der Waals surface area contributed by atoms with Crippen LogP contribution in [0, 0.1) is 0 Å². The van der Waals surface area contributed by atoms with Gasteiger partial charge in [0, 0.05) is 22.7 Å². The van der Waals surface area contributed by atoms with Crippen LogP contribution in [0.5, 0.6) is 0 Å². The van der Waals surface area contributed by atoms with E-state index in [-0.39, 0.29) is 17.2 Å². The largest absolute Gasteiger partial charge is 0.322 e. The molecule has 2 N–H and O–H groups in total. The number of rotatable bonds is 7. The van der Waals surface area contributed by atoms with Crippen LogP contribution in [0.25, 0.3) is 0 Å². The van der Waals surface area contributed by atoms with Crippen molar-refractivity contribution in [3.8, 4) is 0 Å². The predicted molar refractivity (Wildman–Crippen MR) is 101 cm³/mol. The van der Waals surface area contributed by atoms with Crippen molar-refractivity contribution in [1.82, 2.24) is 4.72 Å². The molecular formula is C18H19ClN2O4S. The lowest BCUT2D eigenvalue weighted by Gasteiger charge is -2.09. The summed E-state index contributed by atoms with van der Waals surface area (Å²) in [6, 6.07) is 11.9. The molecule has 0 aliphatic rings. The summed E-state index contributed by atoms with van der Waals surface area (Å²) < 4.78 is 26.4. The van der Waals surface area contributed by atoms with Crippen LogP contribution in [0.3, 0.4) is 0 Å². The molecule has 138 valence electrons. The van der Waals surface area contributed by atoms with E-state index in [9.17, 15) is 18.0 Å². The summed E-state index contributed by atoms with van der Waals surface area (Å²) in [5, 5.41) is 3.19. The van der Waals surface area contributed by atoms with Crippen LogP contribution in [0.2, 0.25) is 5.02 Å². The zero-order valence-corrected chi connectivity index (χ0v) is 15.7. The summed E-state index contributed by atoms with van der Waals surface area (Å²) in [6.45, 7) is 1.92. The Morgan fingerprint density at radius 2 is 1.62 bits per heavy atom. The maximum Gasteiger partial charge on any atom is 0.264 e. The monoisotopic (exact) mass is 394 g/mol. The van der Waals surface area contributed by atoms with Gasteiger partial charge in [0.2, 0.25) is 5.91 Å². The molecule has 0 fully saturated rings. The number of halogens is 1. The van der Waals surface area contributed by atoms with Gasteiger partial charge in [-0.1, -0.05) is 24.9 Å². The van der Waals surface area contributed by atoms with Crippen molar-refractivity contribution in [1.29, 1.82) is 0 Å². The maximum atomic E-state index is 12.2. The van der Waals surface area contributed by atoms with E-state index in [2.05, 4.69) is 5.32 Å². The molecule has 2 amide bonds. The van der Waals surface area contributed by atoms with E-state index < -0.39 is 15.9 Å². The highest BCUT2D eigenvalue weighted by Crippen LogP contribution is 2.16. The summed E-state index contributed by atoms with van der Waals surface area (Å²) in [5.41, 5.74) is 0.857. The minimum Gasteiger partial charge on any atom is -0.322 e. The lowest BCUT2D eigenvalue weighted by atomic mass is 10.2. The van der Waals surface area contributed by atoms with Gasteiger partial charge in [-0.15, -0.1) is 0 Å². The Morgan fingerprint density at radius 1 is 1.00 bits per heavy atom. The Bertz CT molecular complexity index is 878. The van der Waals surface area contributed by atoms with Crippen molar-refractivity contribution in [3.63, 3.8) is 0 Å². The van der Waals surface area contributed by atoms with Gasteiger partial charge in [-0.2, -0.15) is 0 Å². The molecule has 6 nitrogen and oxygen atoms in total. The van der Waals surface area contributed by atoms with Crippen molar-refractivity contribution >= 4 is 39.1 Å². The van der Waals surface area contributed by atoms with E-state index in [1.165, 1.54) is 24.3 Å². The first-order valence-electron chi connectivity index (χ1n) is 8.04. The minimum absolute atomic E-state index is 0.0492. The Morgan fingerprint density at radius 3 is 2.19 bits per heavy atom. The van der Waals surface area contributed by atoms with Gasteiger partial charge in [0.1, 0.15) is 0 Å². The SMILES string of the molecule is CCCCC(=O)NS(=O)(=O)c1ccc(NC(=O)c2ccc(Cl)cc2)cc1. The Kier molecular flexibility index (Phi) is 6.76. The molecule has 26 heavy (non-hydrogen) atoms. The molecule has 2 aromatic rings. The minimum atomic E-state index is -3.92. The van der Waals surface area contributed by atoms with Crippen molar-refractivity contribution in [2.75, 3.05) is 5.32 Å². The molecule has 0 bridgehead atoms. The lowest BCUT2D eigenvalue weighted by molar-refractivity contribution is -0.119. The number of hydrogen-bond acceptors (Lipinski definition) is 4. The Labute approximate surface area is 157 Å². The first kappa shape index (κ1) is 19.9. The number of unbranched alkanes of at least 4 members (excludes halogenated alkanes) is 1. The summed E-state index contributed by atoms with van der Waals surface area (Å²) in [6.07, 6.45) is 1.58. The predicted octanol–water partition coefficient (Wildman–Crippen LogP) is 3.59. The standard InChI is InChI=1S/C18H19ClN2O4S/c1-2-3-4-17(22)21-26(24,25)16-11-9-15(10-12-16)20-18(23)13-5-7-14(19)8-6-13/h5-12H,2-4H2,1H3,(H,20,23)(H,21,22). The van der Waals surface area contributed by atoms with Crippen molar-refractivity contribution in [2.45, 2.75) is 31.1 Å². The van der Waals surface area contributed by atoms with Gasteiger partial charge in [-0.25, -0.2) is 13.1 Å². The number of hydrogen-bond donors (Lipinski definition) is 2. The molecule has 0 aliphatic carbocycles. The summed E-state index contributed by atoms with van der Waals surface area (Å²) in [5.74, 6) is -0.878. The molecule has 2 aromatic carbocycles. The van der Waals surface area contributed by atoms with Crippen LogP contribution < -0.4 is 10.0 Å². The Balaban J connectivity index is 2.04. The molecule has 0 atom stereocenters. The molecule has 0 aromatic heterocycles. The van der Waals surface area contributed by atoms with E-state index in [0.717, 1.165) is 6.42 Å². The average Bonchev–Trinajstić information content (AvgIpc) is 2.60. The lowest BCUT2D eigenvalue weighted by Crippen LogP contribution is -2.30. The van der Waals surface area contributed by atoms with E-state index in [1.807, 2.05) is 11.6 Å². The van der Waals surface area contributed by atoms with E-state index in [0.29, 0.717) is 22.7 Å². The van der Waals surface area contributed by atoms with Crippen molar-refractivity contribution < 1.29 is 18.0 Å². The van der Waals surface area contributed by atoms with Crippen molar-refractivity contribution in [3.05, 3.63) is 59.1 Å². The van der Waals surface area contributed by atoms with Crippen LogP contribution in [0.15, 0.2) is 53.4 Å². The average molecular weight is 395 g/mol. The summed E-state index contributed by atoms with van der Waals surface area (Å²) in [7, 11) is -3.92. The number of sulfonamides is 1. The third kappa shape index (κ3) is 5.57. The molecule has 2 rings (SSSR count). The number of amides is 2. The number of nitrogens with one attached hydrogen (secondary N) is 2. The van der Waals surface area contributed by atoms with Gasteiger partial charge in [-0.05, 0) is 55.0 Å². The van der Waals surface area contributed by atoms with Gasteiger partial charge < -0.3 is 5.32 Å². The molecule has 0 saturated carbocycles. The molecule has 0 saturated heterocycles. The summed E-state index contributed by atoms with van der Waals surface area (Å²) >= 11 is 5.78. The Hall–Kier alpha value is -2.38. The number of carbonyl (C=O) groups excluding carboxylic acids is 2. The molecule has 0 heterocycles. The van der Waals surface area contributed by atoms with Crippen LogP contribution >= 0.6 is 11.6 Å². The van der Waals surface area contributed by atoms with Crippen LogP contribution in [0.4, 0.5) is 5.69 Å². The van der Waals surface area contributed by atoms with Crippen LogP contribution in [0.1, 0.15) is 36.5 Å². The molecular weight excluding hydrogens is 376 g/mol. The van der Waals surface area contributed by atoms with Crippen LogP contribution in [-0.2, 0) is 14.8 Å². The van der Waals surface area contributed by atoms with Gasteiger partial charge in [0.05, 0.1) is 4.90 Å². The van der Waals surface area contributed by atoms with E-state index in [4.69, 9.17) is 11.6 Å². The first-order chi connectivity index (χ1) is 12.3. The van der Waals surface area contributed by atoms with E-state index in [1.54, 1.807) is 24.3 Å². The topological polar surface area (TPSA) is 92.3 Å². The fourth-order valence-electron chi connectivity index (χ4n) is 2.12. The second-order valence-electron chi connectivity index (χ2n) is 5.62. The second-order valence-corrected chi connectivity index (χ2v) is 7.74. The number of carbonyl (C=O) groups is 2. The van der Waals surface area contributed by atoms with Gasteiger partial charge >= 0.3 is 0 Å². The van der Waals surface area contributed by atoms with Crippen LogP contribution in [-0.4, -0.2) is 20.2 Å². The maximum absolute atomic E-state index is 12.2. The third-order valence-corrected chi connectivity index (χ3v) is 5.18. The van der Waals surface area contributed by atoms with Crippen molar-refractivity contribution in [2.24, 2.45) is 0 Å². The molecule has 0 unspecified atom stereocenters. The highest BCUT2D eigenvalue weighted by molar-refractivity contribution is 7.90. The highest BCUT2D eigenvalue weighted by atomic mass is 35.5. The zero-order chi connectivity index (χ0) is 19.2. The fourth-order valence-corrected chi connectivity index (χ4v) is 3.26. The number of anilines is 1. The first-order valence-corrected chi connectivity index (χ1v) is 9.90.